The number of hydrazone groups is 2. The lowest BCUT2D eigenvalue weighted by molar-refractivity contribution is 0.112. The van der Waals surface area contributed by atoms with Gasteiger partial charge in [-0.2, -0.15) is 20.4 Å². The number of rotatable bonds is 10. The topological polar surface area (TPSA) is 174 Å². The molecule has 0 spiro atoms. The second kappa shape index (κ2) is 13.5. The number of anilines is 3. The number of nitriles is 1. The van der Waals surface area contributed by atoms with Gasteiger partial charge in [-0.1, -0.05) is 12.1 Å². The zero-order chi connectivity index (χ0) is 27.6. The predicted molar refractivity (Wildman–Crippen MR) is 153 cm³/mol. The Labute approximate surface area is 229 Å². The molecule has 0 amide bonds. The van der Waals surface area contributed by atoms with Gasteiger partial charge in [0.2, 0.25) is 5.95 Å². The first-order valence-corrected chi connectivity index (χ1v) is 13.3. The average molecular weight is 532 g/mol. The molecule has 0 radical (unpaired) electrons. The lowest BCUT2D eigenvalue weighted by Crippen LogP contribution is -2.35. The summed E-state index contributed by atoms with van der Waals surface area (Å²) in [5.41, 5.74) is 11.3. The van der Waals surface area contributed by atoms with E-state index in [2.05, 4.69) is 49.0 Å². The van der Waals surface area contributed by atoms with Crippen LogP contribution < -0.4 is 27.2 Å². The van der Waals surface area contributed by atoms with Crippen molar-refractivity contribution in [3.63, 3.8) is 0 Å². The van der Waals surface area contributed by atoms with Crippen molar-refractivity contribution < 1.29 is 4.79 Å². The Hall–Kier alpha value is -4.24. The van der Waals surface area contributed by atoms with Gasteiger partial charge in [-0.05, 0) is 62.4 Å². The van der Waals surface area contributed by atoms with Gasteiger partial charge in [0.15, 0.2) is 6.29 Å². The molecule has 2 fully saturated rings. The molecule has 0 bridgehead atoms. The number of aldehydes is 1. The highest BCUT2D eigenvalue weighted by Gasteiger charge is 2.23. The number of carbonyl (C=O) groups excluding carboxylic acids is 1. The van der Waals surface area contributed by atoms with Gasteiger partial charge in [-0.15, -0.1) is 0 Å². The minimum Gasteiger partial charge on any atom is -0.386 e. The number of nitrogens with one attached hydrogen (secondary N) is 2. The molecular weight excluding hydrogens is 494 g/mol. The van der Waals surface area contributed by atoms with Crippen LogP contribution >= 0.6 is 0 Å². The summed E-state index contributed by atoms with van der Waals surface area (Å²) in [6.45, 7) is 4.25. The maximum Gasteiger partial charge on any atom is 0.227 e. The molecule has 3 heterocycles. The molecule has 2 saturated heterocycles. The van der Waals surface area contributed by atoms with Gasteiger partial charge >= 0.3 is 0 Å². The second-order valence-electron chi connectivity index (χ2n) is 10.0. The van der Waals surface area contributed by atoms with Crippen molar-refractivity contribution in [3.05, 3.63) is 41.1 Å². The third-order valence-corrected chi connectivity index (χ3v) is 7.35. The number of carbonyl (C=O) groups is 1. The van der Waals surface area contributed by atoms with E-state index < -0.39 is 0 Å². The number of likely N-dealkylation sites (tertiary alicyclic amines) is 1. The highest BCUT2D eigenvalue weighted by molar-refractivity contribution is 5.96. The Morgan fingerprint density at radius 2 is 1.87 bits per heavy atom. The smallest absolute Gasteiger partial charge is 0.227 e. The summed E-state index contributed by atoms with van der Waals surface area (Å²) in [6.07, 6.45) is 6.70. The Bertz CT molecular complexity index is 1210. The molecule has 12 heteroatoms. The maximum absolute atomic E-state index is 12.1. The molecule has 206 valence electrons. The van der Waals surface area contributed by atoms with Crippen LogP contribution in [0.2, 0.25) is 0 Å². The van der Waals surface area contributed by atoms with E-state index in [1.165, 1.54) is 11.8 Å². The first-order chi connectivity index (χ1) is 19.0. The third kappa shape index (κ3) is 7.42. The van der Waals surface area contributed by atoms with Crippen LogP contribution in [0.3, 0.4) is 0 Å². The molecule has 39 heavy (non-hydrogen) atoms. The fourth-order valence-electron chi connectivity index (χ4n) is 5.05. The van der Waals surface area contributed by atoms with Crippen molar-refractivity contribution >= 4 is 35.8 Å². The zero-order valence-corrected chi connectivity index (χ0v) is 22.4. The molecule has 1 aromatic carbocycles. The van der Waals surface area contributed by atoms with Crippen LogP contribution in [-0.2, 0) is 6.54 Å². The fraction of sp³-hybridized carbons (Fsp3) is 0.481. The van der Waals surface area contributed by atoms with Gasteiger partial charge in [-0.25, -0.2) is 4.98 Å². The number of benzene rings is 1. The summed E-state index contributed by atoms with van der Waals surface area (Å²) in [5.74, 6) is 7.31. The first-order valence-electron chi connectivity index (χ1n) is 13.3. The van der Waals surface area contributed by atoms with Crippen molar-refractivity contribution in [2.75, 3.05) is 43.4 Å². The molecule has 0 saturated carbocycles. The standard InChI is InChI=1S/C27H37N11O/c1-31-32-16-24-23(18-39)26(35-27(34-24)38-12-8-20(15-28)9-13-38)33-22-4-2-21(3-5-22)17-37-10-6-19(7-11-37)14-25(29)36-30/h2-5,16,18-20,31H,6-14,17,30H2,1H3,(H2,29,36)(H,33,34,35)/b32-16-. The largest absolute Gasteiger partial charge is 0.386 e. The van der Waals surface area contributed by atoms with Crippen LogP contribution in [0.4, 0.5) is 17.5 Å². The Morgan fingerprint density at radius 3 is 2.49 bits per heavy atom. The number of nitrogens with zero attached hydrogens (tertiary/aromatic N) is 7. The minimum atomic E-state index is 0.0488. The molecule has 2 aliphatic rings. The average Bonchev–Trinajstić information content (AvgIpc) is 2.97. The van der Waals surface area contributed by atoms with Crippen LogP contribution in [0.15, 0.2) is 34.5 Å². The Morgan fingerprint density at radius 1 is 1.15 bits per heavy atom. The Kier molecular flexibility index (Phi) is 9.64. The molecule has 1 aromatic heterocycles. The number of aromatic nitrogens is 2. The quantitative estimate of drug-likeness (QED) is 0.117. The van der Waals surface area contributed by atoms with E-state index in [0.717, 1.165) is 63.7 Å². The Balaban J connectivity index is 1.45. The van der Waals surface area contributed by atoms with E-state index in [1.807, 2.05) is 17.0 Å². The molecule has 2 aromatic rings. The van der Waals surface area contributed by atoms with Crippen LogP contribution in [0, 0.1) is 23.2 Å². The highest BCUT2D eigenvalue weighted by Crippen LogP contribution is 2.27. The lowest BCUT2D eigenvalue weighted by atomic mass is 9.93. The first kappa shape index (κ1) is 27.8. The molecule has 0 unspecified atom stereocenters. The predicted octanol–water partition coefficient (Wildman–Crippen LogP) is 2.16. The maximum atomic E-state index is 12.1. The number of amidine groups is 1. The summed E-state index contributed by atoms with van der Waals surface area (Å²) >= 11 is 0. The summed E-state index contributed by atoms with van der Waals surface area (Å²) in [6, 6.07) is 10.5. The van der Waals surface area contributed by atoms with Gasteiger partial charge in [0, 0.05) is 44.7 Å². The summed E-state index contributed by atoms with van der Waals surface area (Å²) in [4.78, 5) is 25.9. The van der Waals surface area contributed by atoms with Crippen molar-refractivity contribution in [2.45, 2.75) is 38.6 Å². The van der Waals surface area contributed by atoms with Crippen LogP contribution in [0.5, 0.6) is 0 Å². The number of hydrogen-bond acceptors (Lipinski definition) is 11. The zero-order valence-electron chi connectivity index (χ0n) is 22.4. The van der Waals surface area contributed by atoms with Gasteiger partial charge in [-0.3, -0.25) is 9.69 Å². The monoisotopic (exact) mass is 531 g/mol. The number of piperidine rings is 2. The summed E-state index contributed by atoms with van der Waals surface area (Å²) in [5, 5.41) is 20.2. The van der Waals surface area contributed by atoms with E-state index >= 15 is 0 Å². The van der Waals surface area contributed by atoms with E-state index in [0.29, 0.717) is 47.9 Å². The van der Waals surface area contributed by atoms with Crippen molar-refractivity contribution in [1.82, 2.24) is 20.3 Å². The van der Waals surface area contributed by atoms with E-state index in [1.54, 1.807) is 7.05 Å². The second-order valence-corrected chi connectivity index (χ2v) is 10.0. The van der Waals surface area contributed by atoms with Gasteiger partial charge in [0.1, 0.15) is 17.3 Å². The number of nitrogens with two attached hydrogens (primary N) is 2. The van der Waals surface area contributed by atoms with Crippen LogP contribution in [-0.4, -0.2) is 66.4 Å². The molecule has 2 aliphatic heterocycles. The third-order valence-electron chi connectivity index (χ3n) is 7.35. The molecule has 12 nitrogen and oxygen atoms in total. The minimum absolute atomic E-state index is 0.0488. The van der Waals surface area contributed by atoms with Crippen molar-refractivity contribution in [1.29, 1.82) is 5.26 Å². The van der Waals surface area contributed by atoms with Gasteiger partial charge in [0.25, 0.3) is 0 Å². The van der Waals surface area contributed by atoms with E-state index in [9.17, 15) is 10.1 Å². The van der Waals surface area contributed by atoms with E-state index in [4.69, 9.17) is 16.6 Å². The van der Waals surface area contributed by atoms with Gasteiger partial charge < -0.3 is 27.2 Å². The van der Waals surface area contributed by atoms with Gasteiger partial charge in [0.05, 0.1) is 17.8 Å². The fourth-order valence-corrected chi connectivity index (χ4v) is 5.05. The van der Waals surface area contributed by atoms with Crippen molar-refractivity contribution in [3.8, 4) is 6.07 Å². The highest BCUT2D eigenvalue weighted by atomic mass is 16.1. The normalized spacial score (nSPS) is 17.7. The van der Waals surface area contributed by atoms with Crippen LogP contribution in [0.1, 0.15) is 53.7 Å². The lowest BCUT2D eigenvalue weighted by Gasteiger charge is -2.31. The summed E-state index contributed by atoms with van der Waals surface area (Å²) in [7, 11) is 1.68. The van der Waals surface area contributed by atoms with E-state index in [-0.39, 0.29) is 5.92 Å². The number of hydrogen-bond donors (Lipinski definition) is 4. The molecule has 0 aliphatic carbocycles. The van der Waals surface area contributed by atoms with Crippen molar-refractivity contribution in [2.24, 2.45) is 33.6 Å². The molecule has 0 atom stereocenters. The molecule has 6 N–H and O–H groups in total. The van der Waals surface area contributed by atoms with Crippen LogP contribution in [0.25, 0.3) is 0 Å². The summed E-state index contributed by atoms with van der Waals surface area (Å²) < 4.78 is 0. The molecule has 4 rings (SSSR count). The molecular formula is C27H37N11O. The SMILES string of the molecule is CN/N=C\c1nc(N2CCC(C#N)CC2)nc(Nc2ccc(CN3CCC(C/C(N)=N/N)CC3)cc2)c1C=O.